The Kier molecular flexibility index (Phi) is 3.29. The van der Waals surface area contributed by atoms with Crippen molar-refractivity contribution >= 4 is 23.0 Å². The fraction of sp³-hybridized carbons (Fsp3) is 0.538. The molecule has 0 atom stereocenters. The van der Waals surface area contributed by atoms with Gasteiger partial charge in [0.15, 0.2) is 0 Å². The van der Waals surface area contributed by atoms with E-state index in [0.29, 0.717) is 5.02 Å². The van der Waals surface area contributed by atoms with E-state index >= 15 is 0 Å². The number of nitrogens with one attached hydrogen (secondary N) is 1. The predicted molar refractivity (Wildman–Crippen MR) is 71.0 cm³/mol. The molecule has 0 bridgehead atoms. The van der Waals surface area contributed by atoms with E-state index in [1.807, 2.05) is 18.2 Å². The van der Waals surface area contributed by atoms with Crippen LogP contribution in [0.2, 0.25) is 5.02 Å². The van der Waals surface area contributed by atoms with Crippen molar-refractivity contribution in [3.8, 4) is 0 Å². The van der Waals surface area contributed by atoms with Crippen LogP contribution in [0.25, 0.3) is 0 Å². The summed E-state index contributed by atoms with van der Waals surface area (Å²) >= 11 is 6.17. The zero-order valence-electron chi connectivity index (χ0n) is 9.72. The SMILES string of the molecule is CC1(Nc2c(N)cccc2Cl)CCCCC1. The highest BCUT2D eigenvalue weighted by molar-refractivity contribution is 6.33. The van der Waals surface area contributed by atoms with Crippen LogP contribution in [0, 0.1) is 0 Å². The van der Waals surface area contributed by atoms with Gasteiger partial charge in [-0.05, 0) is 31.9 Å². The molecule has 88 valence electrons. The number of nitrogen functional groups attached to an aromatic ring is 1. The lowest BCUT2D eigenvalue weighted by Crippen LogP contribution is -2.37. The number of hydrogen-bond acceptors (Lipinski definition) is 2. The molecule has 3 heteroatoms. The Balaban J connectivity index is 2.19. The Morgan fingerprint density at radius 3 is 2.56 bits per heavy atom. The summed E-state index contributed by atoms with van der Waals surface area (Å²) in [6.45, 7) is 2.26. The molecular weight excluding hydrogens is 220 g/mol. The second-order valence-corrected chi connectivity index (χ2v) is 5.36. The maximum absolute atomic E-state index is 6.17. The summed E-state index contributed by atoms with van der Waals surface area (Å²) in [7, 11) is 0. The van der Waals surface area contributed by atoms with Gasteiger partial charge in [0.25, 0.3) is 0 Å². The van der Waals surface area contributed by atoms with Crippen LogP contribution in [-0.4, -0.2) is 5.54 Å². The molecule has 1 aliphatic carbocycles. The van der Waals surface area contributed by atoms with Crippen LogP contribution in [-0.2, 0) is 0 Å². The standard InChI is InChI=1S/C13H19ClN2/c1-13(8-3-2-4-9-13)16-12-10(14)6-5-7-11(12)15/h5-7,16H,2-4,8-9,15H2,1H3. The van der Waals surface area contributed by atoms with Crippen LogP contribution in [0.3, 0.4) is 0 Å². The highest BCUT2D eigenvalue weighted by Crippen LogP contribution is 2.36. The van der Waals surface area contributed by atoms with Gasteiger partial charge in [-0.3, -0.25) is 0 Å². The zero-order valence-corrected chi connectivity index (χ0v) is 10.5. The Morgan fingerprint density at radius 2 is 1.94 bits per heavy atom. The summed E-state index contributed by atoms with van der Waals surface area (Å²) in [4.78, 5) is 0. The molecule has 0 radical (unpaired) electrons. The summed E-state index contributed by atoms with van der Waals surface area (Å²) < 4.78 is 0. The Morgan fingerprint density at radius 1 is 1.25 bits per heavy atom. The summed E-state index contributed by atoms with van der Waals surface area (Å²) in [6, 6.07) is 5.65. The van der Waals surface area contributed by atoms with Gasteiger partial charge in [0, 0.05) is 5.54 Å². The van der Waals surface area contributed by atoms with Gasteiger partial charge in [0.05, 0.1) is 16.4 Å². The monoisotopic (exact) mass is 238 g/mol. The van der Waals surface area contributed by atoms with Crippen molar-refractivity contribution in [2.24, 2.45) is 0 Å². The average Bonchev–Trinajstić information content (AvgIpc) is 2.25. The van der Waals surface area contributed by atoms with Gasteiger partial charge in [-0.1, -0.05) is 36.9 Å². The molecule has 1 fully saturated rings. The van der Waals surface area contributed by atoms with Gasteiger partial charge >= 0.3 is 0 Å². The first-order valence-corrected chi connectivity index (χ1v) is 6.31. The fourth-order valence-corrected chi connectivity index (χ4v) is 2.66. The predicted octanol–water partition coefficient (Wildman–Crippen LogP) is 4.06. The topological polar surface area (TPSA) is 38.0 Å². The first-order valence-electron chi connectivity index (χ1n) is 5.93. The van der Waals surface area contributed by atoms with E-state index in [4.69, 9.17) is 17.3 Å². The molecule has 1 aliphatic rings. The van der Waals surface area contributed by atoms with Gasteiger partial charge in [0.2, 0.25) is 0 Å². The number of nitrogens with two attached hydrogens (primary N) is 1. The third-order valence-corrected chi connectivity index (χ3v) is 3.74. The van der Waals surface area contributed by atoms with Crippen LogP contribution in [0.1, 0.15) is 39.0 Å². The summed E-state index contributed by atoms with van der Waals surface area (Å²) in [5.41, 5.74) is 7.73. The third kappa shape index (κ3) is 2.43. The molecule has 2 nitrogen and oxygen atoms in total. The van der Waals surface area contributed by atoms with Gasteiger partial charge in [-0.2, -0.15) is 0 Å². The number of halogens is 1. The molecule has 3 N–H and O–H groups in total. The van der Waals surface area contributed by atoms with Crippen LogP contribution in [0.5, 0.6) is 0 Å². The minimum absolute atomic E-state index is 0.150. The van der Waals surface area contributed by atoms with Crippen molar-refractivity contribution in [1.29, 1.82) is 0 Å². The highest BCUT2D eigenvalue weighted by Gasteiger charge is 2.27. The van der Waals surface area contributed by atoms with Crippen molar-refractivity contribution in [1.82, 2.24) is 0 Å². The first-order chi connectivity index (χ1) is 7.61. The molecule has 0 unspecified atom stereocenters. The van der Waals surface area contributed by atoms with E-state index in [1.165, 1.54) is 32.1 Å². The minimum Gasteiger partial charge on any atom is -0.397 e. The van der Waals surface area contributed by atoms with Crippen molar-refractivity contribution < 1.29 is 0 Å². The molecule has 0 aromatic heterocycles. The number of para-hydroxylation sites is 1. The van der Waals surface area contributed by atoms with E-state index in [0.717, 1.165) is 11.4 Å². The lowest BCUT2D eigenvalue weighted by Gasteiger charge is -2.36. The maximum atomic E-state index is 6.17. The average molecular weight is 239 g/mol. The third-order valence-electron chi connectivity index (χ3n) is 3.43. The molecular formula is C13H19ClN2. The lowest BCUT2D eigenvalue weighted by molar-refractivity contribution is 0.349. The summed E-state index contributed by atoms with van der Waals surface area (Å²) in [6.07, 6.45) is 6.30. The minimum atomic E-state index is 0.150. The smallest absolute Gasteiger partial charge is 0.0767 e. The van der Waals surface area contributed by atoms with E-state index < -0.39 is 0 Å². The normalized spacial score (nSPS) is 19.4. The Bertz CT molecular complexity index is 350. The van der Waals surface area contributed by atoms with Crippen molar-refractivity contribution in [2.45, 2.75) is 44.6 Å². The second kappa shape index (κ2) is 4.54. The summed E-state index contributed by atoms with van der Waals surface area (Å²) in [5.74, 6) is 0. The highest BCUT2D eigenvalue weighted by atomic mass is 35.5. The van der Waals surface area contributed by atoms with Crippen molar-refractivity contribution in [3.63, 3.8) is 0 Å². The second-order valence-electron chi connectivity index (χ2n) is 4.95. The molecule has 2 rings (SSSR count). The van der Waals surface area contributed by atoms with Crippen LogP contribution >= 0.6 is 11.6 Å². The summed E-state index contributed by atoms with van der Waals surface area (Å²) in [5, 5.41) is 4.25. The lowest BCUT2D eigenvalue weighted by atomic mass is 9.83. The van der Waals surface area contributed by atoms with E-state index in [-0.39, 0.29) is 5.54 Å². The number of anilines is 2. The van der Waals surface area contributed by atoms with Gasteiger partial charge in [0.1, 0.15) is 0 Å². The number of rotatable bonds is 2. The molecule has 1 saturated carbocycles. The largest absolute Gasteiger partial charge is 0.397 e. The fourth-order valence-electron chi connectivity index (χ4n) is 2.43. The molecule has 0 aliphatic heterocycles. The molecule has 0 saturated heterocycles. The maximum Gasteiger partial charge on any atom is 0.0767 e. The van der Waals surface area contributed by atoms with Crippen LogP contribution < -0.4 is 11.1 Å². The van der Waals surface area contributed by atoms with E-state index in [9.17, 15) is 0 Å². The van der Waals surface area contributed by atoms with Crippen molar-refractivity contribution in [3.05, 3.63) is 23.2 Å². The molecule has 0 heterocycles. The van der Waals surface area contributed by atoms with E-state index in [2.05, 4.69) is 12.2 Å². The molecule has 16 heavy (non-hydrogen) atoms. The van der Waals surface area contributed by atoms with Crippen molar-refractivity contribution in [2.75, 3.05) is 11.1 Å². The van der Waals surface area contributed by atoms with Crippen LogP contribution in [0.15, 0.2) is 18.2 Å². The quantitative estimate of drug-likeness (QED) is 0.763. The zero-order chi connectivity index (χ0) is 11.6. The number of hydrogen-bond donors (Lipinski definition) is 2. The van der Waals surface area contributed by atoms with Gasteiger partial charge < -0.3 is 11.1 Å². The molecule has 1 aromatic rings. The Labute approximate surface area is 102 Å². The first kappa shape index (κ1) is 11.6. The van der Waals surface area contributed by atoms with Gasteiger partial charge in [-0.25, -0.2) is 0 Å². The number of benzene rings is 1. The van der Waals surface area contributed by atoms with Gasteiger partial charge in [-0.15, -0.1) is 0 Å². The molecule has 1 aromatic carbocycles. The van der Waals surface area contributed by atoms with E-state index in [1.54, 1.807) is 0 Å². The molecule has 0 amide bonds. The van der Waals surface area contributed by atoms with Crippen LogP contribution in [0.4, 0.5) is 11.4 Å². The Hall–Kier alpha value is -0.890. The molecule has 0 spiro atoms.